The molecule has 20 heavy (non-hydrogen) atoms. The molecule has 108 valence electrons. The number of carbonyl (C=O) groups is 2. The summed E-state index contributed by atoms with van der Waals surface area (Å²) in [6, 6.07) is 6.99. The summed E-state index contributed by atoms with van der Waals surface area (Å²) in [6.07, 6.45) is 3.29. The minimum atomic E-state index is -0.421. The van der Waals surface area contributed by atoms with Gasteiger partial charge in [-0.1, -0.05) is 31.2 Å². The number of hydrogen-bond acceptors (Lipinski definition) is 4. The fourth-order valence-electron chi connectivity index (χ4n) is 2.11. The zero-order valence-electron chi connectivity index (χ0n) is 11.8. The van der Waals surface area contributed by atoms with Gasteiger partial charge in [0, 0.05) is 18.6 Å². The molecule has 1 saturated heterocycles. The molecule has 0 aromatic heterocycles. The second kappa shape index (κ2) is 7.31. The van der Waals surface area contributed by atoms with Gasteiger partial charge in [-0.05, 0) is 24.8 Å². The predicted octanol–water partition coefficient (Wildman–Crippen LogP) is 2.89. The molecule has 1 aliphatic heterocycles. The van der Waals surface area contributed by atoms with Crippen molar-refractivity contribution in [2.24, 2.45) is 0 Å². The highest BCUT2D eigenvalue weighted by Gasteiger charge is 2.15. The summed E-state index contributed by atoms with van der Waals surface area (Å²) in [6.45, 7) is 2.91. The maximum Gasteiger partial charge on any atom is 0.228 e. The lowest BCUT2D eigenvalue weighted by Gasteiger charge is -2.22. The molecule has 1 aromatic carbocycles. The van der Waals surface area contributed by atoms with Crippen LogP contribution in [0.1, 0.15) is 48.5 Å². The van der Waals surface area contributed by atoms with Crippen molar-refractivity contribution in [3.05, 3.63) is 35.4 Å². The van der Waals surface area contributed by atoms with E-state index in [0.717, 1.165) is 31.4 Å². The smallest absolute Gasteiger partial charge is 0.228 e. The fourth-order valence-corrected chi connectivity index (χ4v) is 2.11. The normalized spacial score (nSPS) is 18.8. The standard InChI is InChI=1S/C16H20O4/c1-2-14(17)16(18)13-8-6-12(7-9-13)11-20-15-5-3-4-10-19-15/h6-9,15H,2-5,10-11H2,1H3. The second-order valence-electron chi connectivity index (χ2n) is 4.91. The Balaban J connectivity index is 1.87. The Hall–Kier alpha value is -1.52. The first kappa shape index (κ1) is 14.9. The van der Waals surface area contributed by atoms with E-state index >= 15 is 0 Å². The van der Waals surface area contributed by atoms with E-state index in [1.165, 1.54) is 0 Å². The molecule has 0 radical (unpaired) electrons. The molecule has 0 N–H and O–H groups in total. The van der Waals surface area contributed by atoms with Gasteiger partial charge in [0.15, 0.2) is 6.29 Å². The molecular formula is C16H20O4. The third-order valence-corrected chi connectivity index (χ3v) is 3.36. The largest absolute Gasteiger partial charge is 0.353 e. The van der Waals surface area contributed by atoms with Gasteiger partial charge in [-0.2, -0.15) is 0 Å². The van der Waals surface area contributed by atoms with Gasteiger partial charge in [0.25, 0.3) is 0 Å². The van der Waals surface area contributed by atoms with Gasteiger partial charge in [0.1, 0.15) is 0 Å². The molecule has 1 atom stereocenters. The third-order valence-electron chi connectivity index (χ3n) is 3.36. The summed E-state index contributed by atoms with van der Waals surface area (Å²) < 4.78 is 11.2. The van der Waals surface area contributed by atoms with Crippen molar-refractivity contribution >= 4 is 11.6 Å². The Bertz CT molecular complexity index is 458. The Morgan fingerprint density at radius 3 is 2.60 bits per heavy atom. The van der Waals surface area contributed by atoms with Crippen LogP contribution in [-0.2, 0) is 20.9 Å². The molecule has 1 heterocycles. The zero-order chi connectivity index (χ0) is 14.4. The number of benzene rings is 1. The van der Waals surface area contributed by atoms with Crippen LogP contribution in [0.15, 0.2) is 24.3 Å². The number of rotatable bonds is 6. The van der Waals surface area contributed by atoms with Crippen molar-refractivity contribution in [1.82, 2.24) is 0 Å². The number of ether oxygens (including phenoxy) is 2. The van der Waals surface area contributed by atoms with Gasteiger partial charge in [-0.25, -0.2) is 0 Å². The molecule has 4 nitrogen and oxygen atoms in total. The predicted molar refractivity (Wildman–Crippen MR) is 74.5 cm³/mol. The minimum absolute atomic E-state index is 0.119. The molecule has 0 spiro atoms. The van der Waals surface area contributed by atoms with Crippen LogP contribution in [0.3, 0.4) is 0 Å². The molecule has 2 rings (SSSR count). The van der Waals surface area contributed by atoms with Gasteiger partial charge < -0.3 is 9.47 Å². The first-order valence-electron chi connectivity index (χ1n) is 7.10. The van der Waals surface area contributed by atoms with E-state index in [2.05, 4.69) is 0 Å². The monoisotopic (exact) mass is 276 g/mol. The Labute approximate surface area is 119 Å². The molecule has 0 amide bonds. The summed E-state index contributed by atoms with van der Waals surface area (Å²) in [4.78, 5) is 23.0. The lowest BCUT2D eigenvalue weighted by molar-refractivity contribution is -0.168. The van der Waals surface area contributed by atoms with Crippen molar-refractivity contribution in [3.63, 3.8) is 0 Å². The summed E-state index contributed by atoms with van der Waals surface area (Å²) in [5, 5.41) is 0. The van der Waals surface area contributed by atoms with Crippen LogP contribution in [-0.4, -0.2) is 24.5 Å². The average Bonchev–Trinajstić information content (AvgIpc) is 2.53. The lowest BCUT2D eigenvalue weighted by Crippen LogP contribution is -2.22. The van der Waals surface area contributed by atoms with Crippen LogP contribution in [0, 0.1) is 0 Å². The lowest BCUT2D eigenvalue weighted by atomic mass is 10.0. The summed E-state index contributed by atoms with van der Waals surface area (Å²) in [7, 11) is 0. The van der Waals surface area contributed by atoms with Crippen molar-refractivity contribution in [2.75, 3.05) is 6.61 Å². The quantitative estimate of drug-likeness (QED) is 0.592. The second-order valence-corrected chi connectivity index (χ2v) is 4.91. The molecule has 0 saturated carbocycles. The van der Waals surface area contributed by atoms with Gasteiger partial charge in [-0.15, -0.1) is 0 Å². The van der Waals surface area contributed by atoms with Crippen LogP contribution in [0.2, 0.25) is 0 Å². The summed E-state index contributed by atoms with van der Waals surface area (Å²) >= 11 is 0. The van der Waals surface area contributed by atoms with Gasteiger partial charge in [0.05, 0.1) is 6.61 Å². The van der Waals surface area contributed by atoms with E-state index in [1.807, 2.05) is 12.1 Å². The molecule has 0 aliphatic carbocycles. The topological polar surface area (TPSA) is 52.6 Å². The van der Waals surface area contributed by atoms with Gasteiger partial charge in [0.2, 0.25) is 11.6 Å². The highest BCUT2D eigenvalue weighted by molar-refractivity contribution is 6.43. The highest BCUT2D eigenvalue weighted by atomic mass is 16.7. The minimum Gasteiger partial charge on any atom is -0.353 e. The molecule has 1 fully saturated rings. The van der Waals surface area contributed by atoms with Crippen molar-refractivity contribution in [1.29, 1.82) is 0 Å². The Morgan fingerprint density at radius 2 is 2.00 bits per heavy atom. The van der Waals surface area contributed by atoms with Crippen LogP contribution in [0.4, 0.5) is 0 Å². The van der Waals surface area contributed by atoms with E-state index < -0.39 is 5.78 Å². The third kappa shape index (κ3) is 3.99. The van der Waals surface area contributed by atoms with Crippen LogP contribution in [0.5, 0.6) is 0 Å². The van der Waals surface area contributed by atoms with Crippen LogP contribution in [0.25, 0.3) is 0 Å². The molecule has 1 aliphatic rings. The van der Waals surface area contributed by atoms with E-state index in [9.17, 15) is 9.59 Å². The Kier molecular flexibility index (Phi) is 5.44. The SMILES string of the molecule is CCC(=O)C(=O)c1ccc(COC2CCCCO2)cc1. The number of Topliss-reactive ketones (excluding diaryl/α,β-unsaturated/α-hetero) is 2. The molecule has 0 bridgehead atoms. The first-order chi connectivity index (χ1) is 9.70. The van der Waals surface area contributed by atoms with E-state index in [0.29, 0.717) is 12.2 Å². The van der Waals surface area contributed by atoms with Crippen molar-refractivity contribution < 1.29 is 19.1 Å². The number of carbonyl (C=O) groups excluding carboxylic acids is 2. The van der Waals surface area contributed by atoms with Crippen molar-refractivity contribution in [2.45, 2.75) is 45.5 Å². The number of ketones is 2. The fraction of sp³-hybridized carbons (Fsp3) is 0.500. The Morgan fingerprint density at radius 1 is 1.25 bits per heavy atom. The van der Waals surface area contributed by atoms with Gasteiger partial charge >= 0.3 is 0 Å². The molecule has 4 heteroatoms. The number of hydrogen-bond donors (Lipinski definition) is 0. The zero-order valence-corrected chi connectivity index (χ0v) is 11.8. The summed E-state index contributed by atoms with van der Waals surface area (Å²) in [5.41, 5.74) is 1.41. The first-order valence-corrected chi connectivity index (χ1v) is 7.10. The maximum atomic E-state index is 11.7. The van der Waals surface area contributed by atoms with Crippen molar-refractivity contribution in [3.8, 4) is 0 Å². The summed E-state index contributed by atoms with van der Waals surface area (Å²) in [5.74, 6) is -0.778. The maximum absolute atomic E-state index is 11.7. The van der Waals surface area contributed by atoms with Crippen LogP contribution < -0.4 is 0 Å². The molecule has 1 aromatic rings. The van der Waals surface area contributed by atoms with E-state index in [-0.39, 0.29) is 18.5 Å². The molecular weight excluding hydrogens is 256 g/mol. The molecule has 1 unspecified atom stereocenters. The van der Waals surface area contributed by atoms with E-state index in [1.54, 1.807) is 19.1 Å². The average molecular weight is 276 g/mol. The van der Waals surface area contributed by atoms with Crippen LogP contribution >= 0.6 is 0 Å². The highest BCUT2D eigenvalue weighted by Crippen LogP contribution is 2.16. The van der Waals surface area contributed by atoms with E-state index in [4.69, 9.17) is 9.47 Å². The van der Waals surface area contributed by atoms with Gasteiger partial charge in [-0.3, -0.25) is 9.59 Å².